The molecule has 0 atom stereocenters. The third kappa shape index (κ3) is 2.81. The summed E-state index contributed by atoms with van der Waals surface area (Å²) < 4.78 is 1.14. The molecule has 0 aromatic carbocycles. The Labute approximate surface area is 110 Å². The van der Waals surface area contributed by atoms with E-state index in [9.17, 15) is 14.4 Å². The highest BCUT2D eigenvalue weighted by molar-refractivity contribution is 5.92. The first-order valence-electron chi connectivity index (χ1n) is 6.08. The molecule has 0 radical (unpaired) electrons. The van der Waals surface area contributed by atoms with Crippen LogP contribution in [0.15, 0.2) is 16.9 Å². The summed E-state index contributed by atoms with van der Waals surface area (Å²) in [5.41, 5.74) is -0.00340. The molecule has 0 N–H and O–H groups in total. The van der Waals surface area contributed by atoms with E-state index in [1.54, 1.807) is 9.80 Å². The molecule has 2 heterocycles. The largest absolute Gasteiger partial charge is 0.339 e. The highest BCUT2D eigenvalue weighted by atomic mass is 16.2. The van der Waals surface area contributed by atoms with E-state index in [2.05, 4.69) is 5.10 Å². The molecule has 1 saturated heterocycles. The molecule has 0 unspecified atom stereocenters. The Morgan fingerprint density at radius 2 is 1.68 bits per heavy atom. The molecule has 0 aliphatic carbocycles. The first kappa shape index (κ1) is 13.3. The van der Waals surface area contributed by atoms with E-state index < -0.39 is 0 Å². The van der Waals surface area contributed by atoms with Crippen molar-refractivity contribution < 1.29 is 9.59 Å². The van der Waals surface area contributed by atoms with E-state index in [1.165, 1.54) is 26.1 Å². The van der Waals surface area contributed by atoms with Crippen LogP contribution >= 0.6 is 0 Å². The molecule has 0 bridgehead atoms. The smallest absolute Gasteiger partial charge is 0.274 e. The maximum absolute atomic E-state index is 12.2. The second-order valence-corrected chi connectivity index (χ2v) is 4.48. The second-order valence-electron chi connectivity index (χ2n) is 4.48. The van der Waals surface area contributed by atoms with Crippen LogP contribution in [0.1, 0.15) is 17.4 Å². The van der Waals surface area contributed by atoms with E-state index in [0.717, 1.165) is 4.68 Å². The van der Waals surface area contributed by atoms with Crippen LogP contribution < -0.4 is 5.56 Å². The van der Waals surface area contributed by atoms with E-state index in [-0.39, 0.29) is 23.1 Å². The Bertz CT molecular complexity index is 558. The molecule has 1 fully saturated rings. The number of amides is 2. The van der Waals surface area contributed by atoms with Crippen molar-refractivity contribution in [1.29, 1.82) is 0 Å². The number of piperazine rings is 1. The maximum Gasteiger partial charge on any atom is 0.274 e. The number of hydrogen-bond acceptors (Lipinski definition) is 4. The van der Waals surface area contributed by atoms with Gasteiger partial charge in [0.25, 0.3) is 11.5 Å². The van der Waals surface area contributed by atoms with Gasteiger partial charge in [0.1, 0.15) is 5.69 Å². The van der Waals surface area contributed by atoms with Gasteiger partial charge in [0.15, 0.2) is 0 Å². The van der Waals surface area contributed by atoms with Gasteiger partial charge in [-0.2, -0.15) is 5.10 Å². The van der Waals surface area contributed by atoms with Crippen LogP contribution in [0.25, 0.3) is 0 Å². The van der Waals surface area contributed by atoms with Gasteiger partial charge >= 0.3 is 0 Å². The molecule has 2 rings (SSSR count). The summed E-state index contributed by atoms with van der Waals surface area (Å²) in [5, 5.41) is 3.93. The molecule has 0 saturated carbocycles. The molecule has 1 aliphatic heterocycles. The number of carbonyl (C=O) groups is 2. The lowest BCUT2D eigenvalue weighted by Gasteiger charge is -2.33. The number of rotatable bonds is 1. The minimum Gasteiger partial charge on any atom is -0.339 e. The Morgan fingerprint density at radius 3 is 2.21 bits per heavy atom. The predicted octanol–water partition coefficient (Wildman–Crippen LogP) is -0.915. The van der Waals surface area contributed by atoms with Gasteiger partial charge in [-0.3, -0.25) is 14.4 Å². The number of nitrogens with zero attached hydrogens (tertiary/aromatic N) is 4. The van der Waals surface area contributed by atoms with E-state index in [4.69, 9.17) is 0 Å². The number of aryl methyl sites for hydroxylation is 1. The van der Waals surface area contributed by atoms with Gasteiger partial charge in [-0.15, -0.1) is 0 Å². The van der Waals surface area contributed by atoms with Gasteiger partial charge in [-0.1, -0.05) is 0 Å². The first-order valence-corrected chi connectivity index (χ1v) is 6.08. The SMILES string of the molecule is CC(=O)N1CCN(C(=O)c2ccc(=O)n(C)n2)CC1. The molecule has 102 valence electrons. The van der Waals surface area contributed by atoms with Crippen LogP contribution in [-0.4, -0.2) is 57.6 Å². The predicted molar refractivity (Wildman–Crippen MR) is 67.6 cm³/mol. The van der Waals surface area contributed by atoms with Crippen LogP contribution in [0.4, 0.5) is 0 Å². The molecule has 1 aromatic heterocycles. The topological polar surface area (TPSA) is 75.5 Å². The molecular formula is C12H16N4O3. The van der Waals surface area contributed by atoms with Crippen molar-refractivity contribution in [3.63, 3.8) is 0 Å². The fourth-order valence-corrected chi connectivity index (χ4v) is 2.00. The first-order chi connectivity index (χ1) is 8.99. The maximum atomic E-state index is 12.2. The van der Waals surface area contributed by atoms with Crippen molar-refractivity contribution in [1.82, 2.24) is 19.6 Å². The summed E-state index contributed by atoms with van der Waals surface area (Å²) >= 11 is 0. The summed E-state index contributed by atoms with van der Waals surface area (Å²) in [7, 11) is 1.51. The van der Waals surface area contributed by atoms with E-state index >= 15 is 0 Å². The normalized spacial score (nSPS) is 15.5. The van der Waals surface area contributed by atoms with Crippen LogP contribution in [0.3, 0.4) is 0 Å². The van der Waals surface area contributed by atoms with Crippen LogP contribution in [0.5, 0.6) is 0 Å². The minimum absolute atomic E-state index is 0.0207. The van der Waals surface area contributed by atoms with Crippen LogP contribution in [0, 0.1) is 0 Å². The zero-order chi connectivity index (χ0) is 14.0. The lowest BCUT2D eigenvalue weighted by Crippen LogP contribution is -2.50. The minimum atomic E-state index is -0.252. The van der Waals surface area contributed by atoms with Gasteiger partial charge in [0.2, 0.25) is 5.91 Å². The summed E-state index contributed by atoms with van der Waals surface area (Å²) in [6.45, 7) is 3.57. The van der Waals surface area contributed by atoms with Gasteiger partial charge in [0.05, 0.1) is 0 Å². The molecule has 2 amide bonds. The molecular weight excluding hydrogens is 248 g/mol. The highest BCUT2D eigenvalue weighted by Gasteiger charge is 2.24. The highest BCUT2D eigenvalue weighted by Crippen LogP contribution is 2.06. The fraction of sp³-hybridized carbons (Fsp3) is 0.500. The Morgan fingerprint density at radius 1 is 1.11 bits per heavy atom. The Kier molecular flexibility index (Phi) is 3.64. The summed E-state index contributed by atoms with van der Waals surface area (Å²) in [6.07, 6.45) is 0. The van der Waals surface area contributed by atoms with E-state index in [1.807, 2.05) is 0 Å². The number of aromatic nitrogens is 2. The average molecular weight is 264 g/mol. The quantitative estimate of drug-likeness (QED) is 0.657. The van der Waals surface area contributed by atoms with Crippen molar-refractivity contribution >= 4 is 11.8 Å². The molecule has 1 aromatic rings. The van der Waals surface area contributed by atoms with Crippen LogP contribution in [-0.2, 0) is 11.8 Å². The van der Waals surface area contributed by atoms with Gasteiger partial charge in [-0.25, -0.2) is 4.68 Å². The van der Waals surface area contributed by atoms with Crippen molar-refractivity contribution in [3.05, 3.63) is 28.2 Å². The van der Waals surface area contributed by atoms with Gasteiger partial charge in [-0.05, 0) is 6.07 Å². The van der Waals surface area contributed by atoms with Crippen molar-refractivity contribution in [2.45, 2.75) is 6.92 Å². The number of carbonyl (C=O) groups excluding carboxylic acids is 2. The second kappa shape index (κ2) is 5.21. The zero-order valence-electron chi connectivity index (χ0n) is 11.0. The van der Waals surface area contributed by atoms with Gasteiger partial charge < -0.3 is 9.80 Å². The van der Waals surface area contributed by atoms with Gasteiger partial charge in [0, 0.05) is 46.2 Å². The third-order valence-corrected chi connectivity index (χ3v) is 3.19. The van der Waals surface area contributed by atoms with E-state index in [0.29, 0.717) is 26.2 Å². The summed E-state index contributed by atoms with van der Waals surface area (Å²) in [6, 6.07) is 2.76. The molecule has 7 nitrogen and oxygen atoms in total. The fourth-order valence-electron chi connectivity index (χ4n) is 2.00. The molecule has 7 heteroatoms. The third-order valence-electron chi connectivity index (χ3n) is 3.19. The zero-order valence-corrected chi connectivity index (χ0v) is 11.0. The Balaban J connectivity index is 2.07. The monoisotopic (exact) mass is 264 g/mol. The van der Waals surface area contributed by atoms with Crippen molar-refractivity contribution in [3.8, 4) is 0 Å². The Hall–Kier alpha value is -2.18. The number of hydrogen-bond donors (Lipinski definition) is 0. The lowest BCUT2D eigenvalue weighted by molar-refractivity contribution is -0.130. The van der Waals surface area contributed by atoms with Crippen molar-refractivity contribution in [2.24, 2.45) is 7.05 Å². The molecule has 0 spiro atoms. The molecule has 1 aliphatic rings. The van der Waals surface area contributed by atoms with Crippen LogP contribution in [0.2, 0.25) is 0 Å². The molecule has 19 heavy (non-hydrogen) atoms. The summed E-state index contributed by atoms with van der Waals surface area (Å²) in [5.74, 6) is -0.189. The average Bonchev–Trinajstić information content (AvgIpc) is 2.41. The lowest BCUT2D eigenvalue weighted by atomic mass is 10.2. The summed E-state index contributed by atoms with van der Waals surface area (Å²) in [4.78, 5) is 38.0. The standard InChI is InChI=1S/C12H16N4O3/c1-9(17)15-5-7-16(8-6-15)12(19)10-3-4-11(18)14(2)13-10/h3-4H,5-8H2,1-2H3. The van der Waals surface area contributed by atoms with Crippen molar-refractivity contribution in [2.75, 3.05) is 26.2 Å².